The van der Waals surface area contributed by atoms with Gasteiger partial charge in [0.1, 0.15) is 12.7 Å². The molecule has 0 bridgehead atoms. The Morgan fingerprint density at radius 1 is 1.07 bits per heavy atom. The molecular formula is C22H23Cl2NO2. The fraction of sp³-hybridized carbons (Fsp3) is 0.409. The van der Waals surface area contributed by atoms with E-state index in [2.05, 4.69) is 11.8 Å². The van der Waals surface area contributed by atoms with Crippen LogP contribution in [-0.4, -0.2) is 23.5 Å². The van der Waals surface area contributed by atoms with Crippen LogP contribution in [0.25, 0.3) is 0 Å². The maximum atomic E-state index is 13.0. The summed E-state index contributed by atoms with van der Waals surface area (Å²) in [5.41, 5.74) is 2.03. The van der Waals surface area contributed by atoms with Crippen LogP contribution in [0.1, 0.15) is 49.5 Å². The van der Waals surface area contributed by atoms with E-state index in [1.165, 1.54) is 12.8 Å². The van der Waals surface area contributed by atoms with Crippen molar-refractivity contribution in [1.82, 2.24) is 4.90 Å². The molecule has 27 heavy (non-hydrogen) atoms. The number of hydrogen-bond acceptors (Lipinski definition) is 2. The quantitative estimate of drug-likeness (QED) is 0.628. The largest absolute Gasteiger partial charge is 0.361 e. The molecule has 0 aromatic heterocycles. The van der Waals surface area contributed by atoms with Crippen LogP contribution in [0.5, 0.6) is 0 Å². The van der Waals surface area contributed by atoms with Crippen LogP contribution in [0, 0.1) is 5.92 Å². The molecule has 1 aliphatic heterocycles. The Labute approximate surface area is 170 Å². The number of benzene rings is 2. The second kappa shape index (κ2) is 7.83. The highest BCUT2D eigenvalue weighted by Gasteiger charge is 2.45. The molecule has 2 aromatic rings. The van der Waals surface area contributed by atoms with Crippen molar-refractivity contribution < 1.29 is 9.53 Å². The normalized spacial score (nSPS) is 24.1. The second-order valence-corrected chi connectivity index (χ2v) is 8.27. The lowest BCUT2D eigenvalue weighted by Gasteiger charge is -2.45. The van der Waals surface area contributed by atoms with Crippen molar-refractivity contribution in [2.45, 2.75) is 44.4 Å². The minimum atomic E-state index is -0.254. The lowest BCUT2D eigenvalue weighted by Crippen LogP contribution is -2.51. The Morgan fingerprint density at radius 2 is 1.81 bits per heavy atom. The zero-order valence-electron chi connectivity index (χ0n) is 15.3. The average molecular weight is 404 g/mol. The van der Waals surface area contributed by atoms with Crippen molar-refractivity contribution >= 4 is 29.1 Å². The number of amides is 1. The lowest BCUT2D eigenvalue weighted by molar-refractivity contribution is -0.164. The number of hydrogen-bond donors (Lipinski definition) is 0. The zero-order valence-corrected chi connectivity index (χ0v) is 16.8. The summed E-state index contributed by atoms with van der Waals surface area (Å²) in [4.78, 5) is 15.0. The third-order valence-corrected chi connectivity index (χ3v) is 6.08. The van der Waals surface area contributed by atoms with Crippen LogP contribution < -0.4 is 0 Å². The lowest BCUT2D eigenvalue weighted by atomic mass is 9.90. The first-order valence-electron chi connectivity index (χ1n) is 9.52. The Bertz CT molecular complexity index is 819. The zero-order chi connectivity index (χ0) is 19.0. The molecule has 0 radical (unpaired) electrons. The van der Waals surface area contributed by atoms with Crippen molar-refractivity contribution in [3.8, 4) is 0 Å². The highest BCUT2D eigenvalue weighted by Crippen LogP contribution is 2.46. The van der Waals surface area contributed by atoms with Gasteiger partial charge in [-0.25, -0.2) is 0 Å². The van der Waals surface area contributed by atoms with Gasteiger partial charge in [0.2, 0.25) is 5.91 Å². The van der Waals surface area contributed by atoms with Crippen molar-refractivity contribution in [3.05, 3.63) is 69.7 Å². The summed E-state index contributed by atoms with van der Waals surface area (Å²) in [7, 11) is 0. The molecule has 1 heterocycles. The molecule has 5 heteroatoms. The van der Waals surface area contributed by atoms with Gasteiger partial charge in [0.05, 0.1) is 6.04 Å². The first-order valence-corrected chi connectivity index (χ1v) is 10.3. The second-order valence-electron chi connectivity index (χ2n) is 7.40. The minimum Gasteiger partial charge on any atom is -0.361 e. The van der Waals surface area contributed by atoms with Gasteiger partial charge in [-0.1, -0.05) is 54.4 Å². The summed E-state index contributed by atoms with van der Waals surface area (Å²) >= 11 is 12.4. The Hall–Kier alpha value is -1.55. The summed E-state index contributed by atoms with van der Waals surface area (Å²) in [5, 5.41) is 1.35. The van der Waals surface area contributed by atoms with Crippen LogP contribution in [0.2, 0.25) is 10.0 Å². The maximum Gasteiger partial charge on any atom is 0.249 e. The molecule has 142 valence electrons. The van der Waals surface area contributed by atoms with E-state index in [1.54, 1.807) is 0 Å². The van der Waals surface area contributed by atoms with Crippen molar-refractivity contribution in [2.75, 3.05) is 6.61 Å². The van der Waals surface area contributed by atoms with Gasteiger partial charge in [0, 0.05) is 16.1 Å². The Balaban J connectivity index is 1.79. The van der Waals surface area contributed by atoms with E-state index in [0.717, 1.165) is 17.5 Å². The third kappa shape index (κ3) is 3.87. The highest BCUT2D eigenvalue weighted by atomic mass is 35.5. The van der Waals surface area contributed by atoms with Crippen molar-refractivity contribution in [2.24, 2.45) is 5.92 Å². The number of carbonyl (C=O) groups excluding carboxylic acids is 1. The van der Waals surface area contributed by atoms with Gasteiger partial charge in [0.15, 0.2) is 0 Å². The van der Waals surface area contributed by atoms with E-state index >= 15 is 0 Å². The first kappa shape index (κ1) is 18.8. The molecule has 3 nitrogen and oxygen atoms in total. The number of ether oxygens (including phenoxy) is 1. The highest BCUT2D eigenvalue weighted by molar-refractivity contribution is 6.30. The molecule has 1 saturated carbocycles. The van der Waals surface area contributed by atoms with E-state index in [4.69, 9.17) is 27.9 Å². The van der Waals surface area contributed by atoms with E-state index in [0.29, 0.717) is 16.0 Å². The molecule has 1 saturated heterocycles. The van der Waals surface area contributed by atoms with E-state index in [-0.39, 0.29) is 30.7 Å². The Kier molecular flexibility index (Phi) is 5.45. The van der Waals surface area contributed by atoms with Gasteiger partial charge in [-0.3, -0.25) is 4.79 Å². The molecule has 2 aromatic carbocycles. The summed E-state index contributed by atoms with van der Waals surface area (Å²) in [6.07, 6.45) is 3.08. The summed E-state index contributed by atoms with van der Waals surface area (Å²) < 4.78 is 6.07. The fourth-order valence-corrected chi connectivity index (χ4v) is 4.54. The van der Waals surface area contributed by atoms with E-state index < -0.39 is 0 Å². The standard InChI is InChI=1S/C22H23Cl2NO2/c1-2-19(14-6-7-14)25-20(26)13-27-22(16-4-3-5-18(24)12-16)21(25)15-8-10-17(23)11-9-15/h3-5,8-12,14,19,21-22H,2,6-7,13H2,1H3/t19-,21+,22-/m1/s1. The van der Waals surface area contributed by atoms with Gasteiger partial charge in [0.25, 0.3) is 0 Å². The number of morpholine rings is 1. The molecule has 0 N–H and O–H groups in total. The monoisotopic (exact) mass is 403 g/mol. The number of halogens is 2. The van der Waals surface area contributed by atoms with Crippen molar-refractivity contribution in [3.63, 3.8) is 0 Å². The molecule has 0 spiro atoms. The molecule has 1 aliphatic carbocycles. The molecule has 2 fully saturated rings. The molecule has 0 unspecified atom stereocenters. The van der Waals surface area contributed by atoms with Crippen molar-refractivity contribution in [1.29, 1.82) is 0 Å². The van der Waals surface area contributed by atoms with Crippen LogP contribution in [0.4, 0.5) is 0 Å². The summed E-state index contributed by atoms with van der Waals surface area (Å²) in [5.74, 6) is 0.652. The average Bonchev–Trinajstić information content (AvgIpc) is 3.49. The van der Waals surface area contributed by atoms with Gasteiger partial charge >= 0.3 is 0 Å². The first-order chi connectivity index (χ1) is 13.1. The number of carbonyl (C=O) groups is 1. The SMILES string of the molecule is CC[C@H](C1CC1)N1C(=O)CO[C@H](c2cccc(Cl)c2)[C@@H]1c1ccc(Cl)cc1. The molecule has 1 amide bonds. The van der Waals surface area contributed by atoms with Crippen LogP contribution in [0.3, 0.4) is 0 Å². The molecular weight excluding hydrogens is 381 g/mol. The number of nitrogens with zero attached hydrogens (tertiary/aromatic N) is 1. The van der Waals surface area contributed by atoms with E-state index in [1.807, 2.05) is 48.5 Å². The van der Waals surface area contributed by atoms with E-state index in [9.17, 15) is 4.79 Å². The molecule has 2 aliphatic rings. The smallest absolute Gasteiger partial charge is 0.249 e. The summed E-state index contributed by atoms with van der Waals surface area (Å²) in [6, 6.07) is 15.5. The molecule has 4 rings (SSSR count). The van der Waals surface area contributed by atoms with Gasteiger partial charge in [-0.15, -0.1) is 0 Å². The predicted molar refractivity (Wildman–Crippen MR) is 108 cm³/mol. The van der Waals surface area contributed by atoms with Gasteiger partial charge in [-0.05, 0) is 60.6 Å². The van der Waals surface area contributed by atoms with Crippen LogP contribution in [-0.2, 0) is 9.53 Å². The summed E-state index contributed by atoms with van der Waals surface area (Å²) in [6.45, 7) is 2.27. The Morgan fingerprint density at radius 3 is 2.44 bits per heavy atom. The molecule has 3 atom stereocenters. The van der Waals surface area contributed by atoms with Crippen LogP contribution >= 0.6 is 23.2 Å². The topological polar surface area (TPSA) is 29.5 Å². The maximum absolute atomic E-state index is 13.0. The minimum absolute atomic E-state index is 0.0620. The van der Waals surface area contributed by atoms with Gasteiger partial charge < -0.3 is 9.64 Å². The number of rotatable bonds is 5. The predicted octanol–water partition coefficient (Wildman–Crippen LogP) is 5.82. The fourth-order valence-electron chi connectivity index (χ4n) is 4.21. The van der Waals surface area contributed by atoms with Crippen LogP contribution in [0.15, 0.2) is 48.5 Å². The third-order valence-electron chi connectivity index (χ3n) is 5.59. The van der Waals surface area contributed by atoms with Gasteiger partial charge in [-0.2, -0.15) is 0 Å².